The molecule has 1 N–H and O–H groups in total. The Morgan fingerprint density at radius 2 is 2.21 bits per heavy atom. The van der Waals surface area contributed by atoms with Crippen molar-refractivity contribution in [2.24, 2.45) is 0 Å². The molecular formula is C19H21N3O5S2. The van der Waals surface area contributed by atoms with Crippen LogP contribution in [0.3, 0.4) is 0 Å². The number of benzene rings is 1. The molecule has 1 saturated heterocycles. The maximum absolute atomic E-state index is 12.7. The molecule has 1 amide bonds. The highest BCUT2D eigenvalue weighted by Gasteiger charge is 2.34. The summed E-state index contributed by atoms with van der Waals surface area (Å²) in [7, 11) is -1.86. The number of fused-ring (bicyclic) bond motifs is 1. The first kappa shape index (κ1) is 19.9. The highest BCUT2D eigenvalue weighted by atomic mass is 32.2. The van der Waals surface area contributed by atoms with Crippen molar-refractivity contribution in [1.82, 2.24) is 9.29 Å². The molecular weight excluding hydrogens is 414 g/mol. The van der Waals surface area contributed by atoms with Crippen LogP contribution in [0.4, 0.5) is 5.13 Å². The zero-order chi connectivity index (χ0) is 20.6. The molecule has 0 saturated carbocycles. The van der Waals surface area contributed by atoms with E-state index < -0.39 is 16.1 Å². The van der Waals surface area contributed by atoms with E-state index in [0.717, 1.165) is 24.5 Å². The van der Waals surface area contributed by atoms with E-state index >= 15 is 0 Å². The first-order chi connectivity index (χ1) is 13.9. The number of rotatable bonds is 5. The number of furan rings is 1. The van der Waals surface area contributed by atoms with E-state index in [9.17, 15) is 13.2 Å². The van der Waals surface area contributed by atoms with Gasteiger partial charge in [0.15, 0.2) is 22.2 Å². The summed E-state index contributed by atoms with van der Waals surface area (Å²) in [6.45, 7) is 0.362. The first-order valence-electron chi connectivity index (χ1n) is 9.17. The number of para-hydroxylation sites is 1. The number of carbonyl (C=O) groups excluding carboxylic acids is 1. The number of sulfonamides is 1. The van der Waals surface area contributed by atoms with Crippen molar-refractivity contribution in [2.75, 3.05) is 25.2 Å². The van der Waals surface area contributed by atoms with Crippen molar-refractivity contribution >= 4 is 43.4 Å². The van der Waals surface area contributed by atoms with Gasteiger partial charge in [-0.2, -0.15) is 4.31 Å². The zero-order valence-corrected chi connectivity index (χ0v) is 17.7. The van der Waals surface area contributed by atoms with E-state index in [1.807, 2.05) is 24.3 Å². The van der Waals surface area contributed by atoms with E-state index in [-0.39, 0.29) is 5.91 Å². The van der Waals surface area contributed by atoms with Gasteiger partial charge >= 0.3 is 0 Å². The Morgan fingerprint density at radius 1 is 1.38 bits per heavy atom. The second-order valence-corrected chi connectivity index (χ2v) is 9.69. The summed E-state index contributed by atoms with van der Waals surface area (Å²) in [5.74, 6) is 0.842. The molecule has 10 heteroatoms. The molecule has 8 nitrogen and oxygen atoms in total. The van der Waals surface area contributed by atoms with Crippen LogP contribution in [0.25, 0.3) is 22.4 Å². The number of amides is 1. The van der Waals surface area contributed by atoms with Gasteiger partial charge in [0.05, 0.1) is 13.4 Å². The van der Waals surface area contributed by atoms with E-state index in [2.05, 4.69) is 10.3 Å². The van der Waals surface area contributed by atoms with E-state index in [1.165, 1.54) is 15.6 Å². The van der Waals surface area contributed by atoms with Crippen molar-refractivity contribution in [3.05, 3.63) is 29.6 Å². The summed E-state index contributed by atoms with van der Waals surface area (Å²) in [6, 6.07) is 6.78. The quantitative estimate of drug-likeness (QED) is 0.660. The number of aromatic nitrogens is 1. The lowest BCUT2D eigenvalue weighted by molar-refractivity contribution is -0.120. The van der Waals surface area contributed by atoms with Gasteiger partial charge < -0.3 is 14.5 Å². The van der Waals surface area contributed by atoms with Crippen LogP contribution in [0.5, 0.6) is 5.75 Å². The number of thiazole rings is 1. The monoisotopic (exact) mass is 435 g/mol. The standard InChI is InChI=1S/C19H21N3O5S2/c1-26-15-8-5-6-12-10-16(27-17(12)15)13-11-28-19(20-13)21-18(23)14-7-3-4-9-22(14)29(2,24)25/h5-6,8,10-11,14H,3-4,7,9H2,1-2H3,(H,20,21,23). The van der Waals surface area contributed by atoms with Crippen LogP contribution in [0.1, 0.15) is 19.3 Å². The highest BCUT2D eigenvalue weighted by Crippen LogP contribution is 2.34. The fourth-order valence-electron chi connectivity index (χ4n) is 3.52. The Bertz CT molecular complexity index is 1150. The average Bonchev–Trinajstić information content (AvgIpc) is 3.33. The van der Waals surface area contributed by atoms with Crippen molar-refractivity contribution < 1.29 is 22.4 Å². The van der Waals surface area contributed by atoms with Gasteiger partial charge in [-0.15, -0.1) is 11.3 Å². The van der Waals surface area contributed by atoms with Crippen molar-refractivity contribution in [1.29, 1.82) is 0 Å². The van der Waals surface area contributed by atoms with Gasteiger partial charge in [-0.1, -0.05) is 18.6 Å². The predicted octanol–water partition coefficient (Wildman–Crippen LogP) is 3.32. The molecule has 3 aromatic rings. The number of ether oxygens (including phenoxy) is 1. The number of nitrogens with zero attached hydrogens (tertiary/aromatic N) is 2. The van der Waals surface area contributed by atoms with E-state index in [0.29, 0.717) is 40.9 Å². The minimum atomic E-state index is -3.44. The molecule has 0 aliphatic carbocycles. The molecule has 0 bridgehead atoms. The first-order valence-corrected chi connectivity index (χ1v) is 11.9. The number of piperidine rings is 1. The van der Waals surface area contributed by atoms with Crippen molar-refractivity contribution in [3.63, 3.8) is 0 Å². The summed E-state index contributed by atoms with van der Waals surface area (Å²) < 4.78 is 36.5. The minimum absolute atomic E-state index is 0.359. The smallest absolute Gasteiger partial charge is 0.244 e. The van der Waals surface area contributed by atoms with Crippen LogP contribution in [-0.2, 0) is 14.8 Å². The Kier molecular flexibility index (Phi) is 5.32. The second kappa shape index (κ2) is 7.77. The summed E-state index contributed by atoms with van der Waals surface area (Å²) in [5.41, 5.74) is 1.22. The van der Waals surface area contributed by atoms with Crippen molar-refractivity contribution in [3.8, 4) is 17.2 Å². The second-order valence-electron chi connectivity index (χ2n) is 6.90. The predicted molar refractivity (Wildman–Crippen MR) is 112 cm³/mol. The molecule has 1 fully saturated rings. The van der Waals surface area contributed by atoms with Crippen LogP contribution in [-0.4, -0.2) is 49.6 Å². The Balaban J connectivity index is 1.54. The highest BCUT2D eigenvalue weighted by molar-refractivity contribution is 7.88. The number of nitrogens with one attached hydrogen (secondary N) is 1. The van der Waals surface area contributed by atoms with Gasteiger partial charge in [-0.25, -0.2) is 13.4 Å². The molecule has 4 rings (SSSR count). The van der Waals surface area contributed by atoms with Gasteiger partial charge in [-0.3, -0.25) is 4.79 Å². The molecule has 154 valence electrons. The molecule has 1 aliphatic rings. The van der Waals surface area contributed by atoms with Crippen LogP contribution in [0.15, 0.2) is 34.1 Å². The number of hydrogen-bond donors (Lipinski definition) is 1. The SMILES string of the molecule is COc1cccc2cc(-c3csc(NC(=O)C4CCCCN4S(C)(=O)=O)n3)oc12. The lowest BCUT2D eigenvalue weighted by Crippen LogP contribution is -2.49. The molecule has 1 aromatic carbocycles. The number of hydrogen-bond acceptors (Lipinski definition) is 7. The molecule has 2 aromatic heterocycles. The topological polar surface area (TPSA) is 102 Å². The number of carbonyl (C=O) groups is 1. The average molecular weight is 436 g/mol. The van der Waals surface area contributed by atoms with Gasteiger partial charge in [-0.05, 0) is 25.0 Å². The Hall–Kier alpha value is -2.43. The van der Waals surface area contributed by atoms with Crippen LogP contribution < -0.4 is 10.1 Å². The summed E-state index contributed by atoms with van der Waals surface area (Å²) in [4.78, 5) is 17.1. The third kappa shape index (κ3) is 4.00. The van der Waals surface area contributed by atoms with Crippen LogP contribution >= 0.6 is 11.3 Å². The van der Waals surface area contributed by atoms with Crippen LogP contribution in [0, 0.1) is 0 Å². The molecule has 0 spiro atoms. The molecule has 3 heterocycles. The number of anilines is 1. The van der Waals surface area contributed by atoms with Crippen LogP contribution in [0.2, 0.25) is 0 Å². The normalized spacial score (nSPS) is 18.1. The zero-order valence-electron chi connectivity index (χ0n) is 16.0. The van der Waals surface area contributed by atoms with E-state index in [4.69, 9.17) is 9.15 Å². The fourth-order valence-corrected chi connectivity index (χ4v) is 5.35. The minimum Gasteiger partial charge on any atom is -0.493 e. The van der Waals surface area contributed by atoms with Gasteiger partial charge in [0.2, 0.25) is 15.9 Å². The fraction of sp³-hybridized carbons (Fsp3) is 0.368. The number of methoxy groups -OCH3 is 1. The molecule has 1 atom stereocenters. The van der Waals surface area contributed by atoms with Gasteiger partial charge in [0, 0.05) is 17.3 Å². The lowest BCUT2D eigenvalue weighted by atomic mass is 10.0. The molecule has 29 heavy (non-hydrogen) atoms. The summed E-state index contributed by atoms with van der Waals surface area (Å²) in [6.07, 6.45) is 3.21. The third-order valence-corrected chi connectivity index (χ3v) is 6.94. The van der Waals surface area contributed by atoms with E-state index in [1.54, 1.807) is 12.5 Å². The maximum Gasteiger partial charge on any atom is 0.244 e. The molecule has 1 unspecified atom stereocenters. The molecule has 0 radical (unpaired) electrons. The van der Waals surface area contributed by atoms with Gasteiger partial charge in [0.25, 0.3) is 0 Å². The van der Waals surface area contributed by atoms with Gasteiger partial charge in [0.1, 0.15) is 11.7 Å². The summed E-state index contributed by atoms with van der Waals surface area (Å²) >= 11 is 1.26. The summed E-state index contributed by atoms with van der Waals surface area (Å²) in [5, 5.41) is 5.83. The Morgan fingerprint density at radius 3 is 2.97 bits per heavy atom. The molecule has 1 aliphatic heterocycles. The third-order valence-electron chi connectivity index (χ3n) is 4.90. The lowest BCUT2D eigenvalue weighted by Gasteiger charge is -2.32. The largest absolute Gasteiger partial charge is 0.493 e. The Labute approximate surface area is 172 Å². The van der Waals surface area contributed by atoms with Crippen molar-refractivity contribution in [2.45, 2.75) is 25.3 Å². The maximum atomic E-state index is 12.7.